The summed E-state index contributed by atoms with van der Waals surface area (Å²) in [6.07, 6.45) is 8.08. The Labute approximate surface area is 177 Å². The van der Waals surface area contributed by atoms with Gasteiger partial charge in [0.2, 0.25) is 0 Å². The van der Waals surface area contributed by atoms with Gasteiger partial charge >= 0.3 is 6.01 Å². The Bertz CT molecular complexity index is 1140. The van der Waals surface area contributed by atoms with Crippen LogP contribution in [0.2, 0.25) is 5.02 Å². The molecule has 9 nitrogen and oxygen atoms in total. The van der Waals surface area contributed by atoms with Crippen molar-refractivity contribution in [3.8, 4) is 11.7 Å². The molecule has 1 spiro atoms. The average molecular weight is 424 g/mol. The van der Waals surface area contributed by atoms with Crippen LogP contribution in [-0.4, -0.2) is 59.4 Å². The summed E-state index contributed by atoms with van der Waals surface area (Å²) in [7, 11) is 0. The molecule has 4 heterocycles. The number of carbonyl (C=O) groups excluding carboxylic acids is 1. The number of piperidine rings is 1. The van der Waals surface area contributed by atoms with Gasteiger partial charge in [0, 0.05) is 17.7 Å². The molecule has 6 rings (SSSR count). The normalized spacial score (nSPS) is 28.5. The van der Waals surface area contributed by atoms with Gasteiger partial charge in [-0.05, 0) is 37.8 Å². The lowest BCUT2D eigenvalue weighted by molar-refractivity contribution is -0.0369. The Morgan fingerprint density at radius 1 is 1.20 bits per heavy atom. The van der Waals surface area contributed by atoms with Crippen molar-refractivity contribution in [3.63, 3.8) is 0 Å². The van der Waals surface area contributed by atoms with Crippen molar-refractivity contribution >= 4 is 17.5 Å². The molecule has 0 bridgehead atoms. The first-order valence-electron chi connectivity index (χ1n) is 9.85. The van der Waals surface area contributed by atoms with Crippen LogP contribution in [0.15, 0.2) is 36.9 Å². The molecule has 0 radical (unpaired) electrons. The van der Waals surface area contributed by atoms with Crippen LogP contribution in [0, 0.1) is 18.3 Å². The monoisotopic (exact) mass is 423 g/mol. The Morgan fingerprint density at radius 3 is 2.73 bits per heavy atom. The highest BCUT2D eigenvalue weighted by Gasteiger charge is 2.76. The summed E-state index contributed by atoms with van der Waals surface area (Å²) in [6, 6.07) is 3.96. The van der Waals surface area contributed by atoms with Crippen LogP contribution in [0.1, 0.15) is 29.0 Å². The molecule has 10 heteroatoms. The second-order valence-corrected chi connectivity index (χ2v) is 8.66. The van der Waals surface area contributed by atoms with E-state index in [0.29, 0.717) is 28.9 Å². The number of hydrogen-bond donors (Lipinski definition) is 0. The van der Waals surface area contributed by atoms with E-state index >= 15 is 0 Å². The molecule has 3 aromatic heterocycles. The highest BCUT2D eigenvalue weighted by atomic mass is 35.5. The van der Waals surface area contributed by atoms with Crippen LogP contribution < -0.4 is 4.74 Å². The van der Waals surface area contributed by atoms with Crippen molar-refractivity contribution in [2.45, 2.75) is 31.9 Å². The number of ether oxygens (including phenoxy) is 1. The van der Waals surface area contributed by atoms with Crippen LogP contribution in [0.5, 0.6) is 6.01 Å². The number of aryl methyl sites for hydroxylation is 1. The molecule has 3 fully saturated rings. The topological polar surface area (TPSA) is 98.9 Å². The number of carbonyl (C=O) groups is 1. The molecule has 1 saturated heterocycles. The summed E-state index contributed by atoms with van der Waals surface area (Å²) in [4.78, 5) is 29.8. The van der Waals surface area contributed by atoms with E-state index in [1.165, 1.54) is 17.2 Å². The molecule has 3 aromatic rings. The smallest absolute Gasteiger partial charge is 0.316 e. The molecule has 30 heavy (non-hydrogen) atoms. The molecule has 0 aromatic carbocycles. The van der Waals surface area contributed by atoms with Crippen LogP contribution in [-0.2, 0) is 0 Å². The molecular formula is C20H18ClN7O2. The van der Waals surface area contributed by atoms with Crippen LogP contribution in [0.3, 0.4) is 0 Å². The van der Waals surface area contributed by atoms with Crippen molar-refractivity contribution < 1.29 is 9.53 Å². The maximum atomic E-state index is 13.6. The molecule has 1 amide bonds. The number of nitrogens with zero attached hydrogens (tertiary/aromatic N) is 7. The van der Waals surface area contributed by atoms with Gasteiger partial charge in [-0.15, -0.1) is 4.80 Å². The first-order chi connectivity index (χ1) is 14.5. The highest BCUT2D eigenvalue weighted by Crippen LogP contribution is 2.71. The van der Waals surface area contributed by atoms with E-state index in [4.69, 9.17) is 16.3 Å². The third-order valence-electron chi connectivity index (χ3n) is 6.52. The molecule has 1 aliphatic heterocycles. The maximum absolute atomic E-state index is 13.6. The Balaban J connectivity index is 1.30. The number of rotatable bonds is 4. The van der Waals surface area contributed by atoms with E-state index in [1.54, 1.807) is 12.4 Å². The van der Waals surface area contributed by atoms with Gasteiger partial charge in [0.05, 0.1) is 35.9 Å². The van der Waals surface area contributed by atoms with E-state index in [-0.39, 0.29) is 29.5 Å². The van der Waals surface area contributed by atoms with Gasteiger partial charge in [-0.2, -0.15) is 10.2 Å². The Morgan fingerprint density at radius 2 is 1.97 bits per heavy atom. The van der Waals surface area contributed by atoms with E-state index < -0.39 is 0 Å². The molecule has 152 valence electrons. The molecule has 2 saturated carbocycles. The number of aromatic nitrogens is 6. The van der Waals surface area contributed by atoms with E-state index in [9.17, 15) is 4.79 Å². The number of likely N-dealkylation sites (tertiary alicyclic amines) is 1. The van der Waals surface area contributed by atoms with Crippen LogP contribution in [0.4, 0.5) is 0 Å². The zero-order valence-corrected chi connectivity index (χ0v) is 16.9. The summed E-state index contributed by atoms with van der Waals surface area (Å²) in [5.41, 5.74) is 1.86. The summed E-state index contributed by atoms with van der Waals surface area (Å²) >= 11 is 5.86. The fraction of sp³-hybridized carbons (Fsp3) is 0.400. The third-order valence-corrected chi connectivity index (χ3v) is 6.71. The fourth-order valence-electron chi connectivity index (χ4n) is 5.09. The molecule has 2 aliphatic carbocycles. The second-order valence-electron chi connectivity index (χ2n) is 8.22. The number of pyridine rings is 1. The van der Waals surface area contributed by atoms with Crippen molar-refractivity contribution in [2.75, 3.05) is 6.54 Å². The third kappa shape index (κ3) is 2.54. The molecular weight excluding hydrogens is 406 g/mol. The summed E-state index contributed by atoms with van der Waals surface area (Å²) < 4.78 is 6.03. The van der Waals surface area contributed by atoms with Gasteiger partial charge in [-0.25, -0.2) is 15.0 Å². The highest BCUT2D eigenvalue weighted by molar-refractivity contribution is 6.30. The molecule has 4 atom stereocenters. The first-order valence-corrected chi connectivity index (χ1v) is 10.2. The van der Waals surface area contributed by atoms with E-state index in [2.05, 4.69) is 25.1 Å². The standard InChI is InChI=1S/C20H18ClN7O2/c1-11-2-3-14(28-24-4-5-25-28)16(26-11)18(29)27-10-12-6-20(12)7-15(17(20)27)30-19-22-8-13(21)9-23-19/h2-5,8-9,12,15,17H,6-7,10H2,1H3. The second kappa shape index (κ2) is 6.21. The van der Waals surface area contributed by atoms with Crippen molar-refractivity contribution in [2.24, 2.45) is 11.3 Å². The first kappa shape index (κ1) is 17.8. The van der Waals surface area contributed by atoms with Gasteiger partial charge in [0.25, 0.3) is 5.91 Å². The summed E-state index contributed by atoms with van der Waals surface area (Å²) in [6.45, 7) is 2.58. The minimum atomic E-state index is -0.140. The average Bonchev–Trinajstić information content (AvgIpc) is 3.10. The lowest BCUT2D eigenvalue weighted by Crippen LogP contribution is -2.59. The van der Waals surface area contributed by atoms with Crippen molar-refractivity contribution in [3.05, 3.63) is 53.3 Å². The predicted octanol–water partition coefficient (Wildman–Crippen LogP) is 2.10. The molecule has 0 N–H and O–H groups in total. The van der Waals surface area contributed by atoms with E-state index in [1.807, 2.05) is 24.0 Å². The molecule has 3 aliphatic rings. The van der Waals surface area contributed by atoms with Gasteiger partial charge in [-0.1, -0.05) is 11.6 Å². The summed E-state index contributed by atoms with van der Waals surface area (Å²) in [5, 5.41) is 8.81. The Kier molecular flexibility index (Phi) is 3.68. The van der Waals surface area contributed by atoms with Gasteiger partial charge in [0.1, 0.15) is 11.8 Å². The van der Waals surface area contributed by atoms with Crippen molar-refractivity contribution in [1.29, 1.82) is 0 Å². The lowest BCUT2D eigenvalue weighted by atomic mass is 9.73. The minimum absolute atomic E-state index is 0.00461. The predicted molar refractivity (Wildman–Crippen MR) is 105 cm³/mol. The van der Waals surface area contributed by atoms with Gasteiger partial charge in [-0.3, -0.25) is 4.79 Å². The van der Waals surface area contributed by atoms with Gasteiger partial charge < -0.3 is 9.64 Å². The SMILES string of the molecule is Cc1ccc(-n2nccn2)c(C(=O)N2CC3CC34CC(Oc3ncc(Cl)cn3)C24)n1. The zero-order valence-electron chi connectivity index (χ0n) is 16.1. The molecule has 4 unspecified atom stereocenters. The number of halogens is 1. The Hall–Kier alpha value is -3.07. The minimum Gasteiger partial charge on any atom is -0.458 e. The fourth-order valence-corrected chi connectivity index (χ4v) is 5.19. The number of amides is 1. The summed E-state index contributed by atoms with van der Waals surface area (Å²) in [5.74, 6) is 0.404. The van der Waals surface area contributed by atoms with E-state index in [0.717, 1.165) is 18.5 Å². The maximum Gasteiger partial charge on any atom is 0.316 e. The van der Waals surface area contributed by atoms with Crippen LogP contribution >= 0.6 is 11.6 Å². The van der Waals surface area contributed by atoms with Crippen molar-refractivity contribution in [1.82, 2.24) is 34.8 Å². The zero-order chi connectivity index (χ0) is 20.5. The quantitative estimate of drug-likeness (QED) is 0.633. The number of hydrogen-bond acceptors (Lipinski definition) is 7. The lowest BCUT2D eigenvalue weighted by Gasteiger charge is -2.46. The largest absolute Gasteiger partial charge is 0.458 e. The van der Waals surface area contributed by atoms with Gasteiger partial charge in [0.15, 0.2) is 5.69 Å². The van der Waals surface area contributed by atoms with Crippen LogP contribution in [0.25, 0.3) is 5.69 Å².